The molecule has 0 aliphatic heterocycles. The second-order valence-corrected chi connectivity index (χ2v) is 2.56. The average Bonchev–Trinajstić information content (AvgIpc) is 1.63. The van der Waals surface area contributed by atoms with E-state index in [1.54, 1.807) is 0 Å². The maximum absolute atomic E-state index is 3.80. The van der Waals surface area contributed by atoms with E-state index in [9.17, 15) is 0 Å². The fraction of sp³-hybridized carbons (Fsp3) is 0.444. The summed E-state index contributed by atoms with van der Waals surface area (Å²) in [4.78, 5) is 0. The first kappa shape index (κ1) is 8.48. The molecule has 0 heterocycles. The number of allylic oxidation sites excluding steroid dienone is 2. The van der Waals surface area contributed by atoms with Gasteiger partial charge in [-0.2, -0.15) is 0 Å². The van der Waals surface area contributed by atoms with Gasteiger partial charge in [-0.1, -0.05) is 17.7 Å². The third-order valence-electron chi connectivity index (χ3n) is 1.13. The van der Waals surface area contributed by atoms with Gasteiger partial charge in [0.15, 0.2) is 0 Å². The molecule has 0 aromatic rings. The van der Waals surface area contributed by atoms with Crippen LogP contribution in [0.3, 0.4) is 0 Å². The molecule has 0 rings (SSSR count). The van der Waals surface area contributed by atoms with Gasteiger partial charge in [0.2, 0.25) is 0 Å². The van der Waals surface area contributed by atoms with E-state index in [1.165, 1.54) is 5.57 Å². The lowest BCUT2D eigenvalue weighted by Crippen LogP contribution is -1.77. The van der Waals surface area contributed by atoms with Gasteiger partial charge in [-0.3, -0.25) is 0 Å². The van der Waals surface area contributed by atoms with Crippen LogP contribution in [0.25, 0.3) is 0 Å². The highest BCUT2D eigenvalue weighted by atomic mass is 13.9. The normalized spacial score (nSPS) is 9.11. The van der Waals surface area contributed by atoms with Crippen molar-refractivity contribution in [2.24, 2.45) is 0 Å². The van der Waals surface area contributed by atoms with Crippen LogP contribution in [0.2, 0.25) is 0 Å². The predicted octanol–water partition coefficient (Wildman–Crippen LogP) is 3.12. The Morgan fingerprint density at radius 1 is 1.22 bits per heavy atom. The summed E-state index contributed by atoms with van der Waals surface area (Å²) in [6.07, 6.45) is 3.29. The summed E-state index contributed by atoms with van der Waals surface area (Å²) in [5.74, 6) is 0. The van der Waals surface area contributed by atoms with Gasteiger partial charge in [-0.25, -0.2) is 0 Å². The molecule has 0 aromatic carbocycles. The van der Waals surface area contributed by atoms with Crippen LogP contribution in [0.15, 0.2) is 24.3 Å². The molecule has 0 amide bonds. The average molecular weight is 123 g/mol. The van der Waals surface area contributed by atoms with Gasteiger partial charge in [0, 0.05) is 0 Å². The zero-order valence-electron chi connectivity index (χ0n) is 6.24. The van der Waals surface area contributed by atoms with E-state index in [1.807, 2.05) is 6.92 Å². The van der Waals surface area contributed by atoms with E-state index in [0.717, 1.165) is 24.8 Å². The highest BCUT2D eigenvalue weighted by Crippen LogP contribution is 2.07. The minimum absolute atomic E-state index is 1.02. The molecule has 0 aromatic heterocycles. The number of rotatable bonds is 4. The van der Waals surface area contributed by atoms with Crippen LogP contribution in [0.5, 0.6) is 0 Å². The molecule has 0 unspecified atom stereocenters. The van der Waals surface area contributed by atoms with E-state index < -0.39 is 0 Å². The SMILES string of the molecule is [CH2]C(=C)CCCC(=C)C. The van der Waals surface area contributed by atoms with E-state index in [0.29, 0.717) is 0 Å². The Morgan fingerprint density at radius 3 is 2.11 bits per heavy atom. The highest BCUT2D eigenvalue weighted by molar-refractivity contribution is 4.98. The maximum Gasteiger partial charge on any atom is -0.0286 e. The summed E-state index contributed by atoms with van der Waals surface area (Å²) >= 11 is 0. The molecule has 0 N–H and O–H groups in total. The maximum atomic E-state index is 3.80. The zero-order valence-corrected chi connectivity index (χ0v) is 6.24. The monoisotopic (exact) mass is 123 g/mol. The molecular weight excluding hydrogens is 108 g/mol. The van der Waals surface area contributed by atoms with Gasteiger partial charge in [-0.05, 0) is 33.1 Å². The smallest absolute Gasteiger partial charge is 0.0286 e. The molecule has 0 saturated carbocycles. The van der Waals surface area contributed by atoms with Gasteiger partial charge < -0.3 is 0 Å². The standard InChI is InChI=1S/C9H15/c1-8(2)6-5-7-9(3)4/h1-3,5-7H2,4H3. The molecule has 0 spiro atoms. The minimum Gasteiger partial charge on any atom is -0.100 e. The summed E-state index contributed by atoms with van der Waals surface area (Å²) in [5, 5.41) is 0. The van der Waals surface area contributed by atoms with Crippen LogP contribution in [0, 0.1) is 6.92 Å². The van der Waals surface area contributed by atoms with Crippen molar-refractivity contribution in [3.8, 4) is 0 Å². The molecule has 0 nitrogen and oxygen atoms in total. The molecule has 0 bridgehead atoms. The second-order valence-electron chi connectivity index (χ2n) is 2.56. The van der Waals surface area contributed by atoms with E-state index in [-0.39, 0.29) is 0 Å². The van der Waals surface area contributed by atoms with Crippen molar-refractivity contribution in [1.82, 2.24) is 0 Å². The summed E-state index contributed by atoms with van der Waals surface area (Å²) in [7, 11) is 0. The number of hydrogen-bond acceptors (Lipinski definition) is 0. The Morgan fingerprint density at radius 2 is 1.78 bits per heavy atom. The third kappa shape index (κ3) is 7.48. The zero-order chi connectivity index (χ0) is 7.28. The quantitative estimate of drug-likeness (QED) is 0.504. The van der Waals surface area contributed by atoms with Crippen molar-refractivity contribution in [3.63, 3.8) is 0 Å². The molecule has 0 heteroatoms. The highest BCUT2D eigenvalue weighted by Gasteiger charge is 1.87. The summed E-state index contributed by atoms with van der Waals surface area (Å²) in [5.41, 5.74) is 2.27. The first-order valence-corrected chi connectivity index (χ1v) is 3.27. The molecule has 0 fully saturated rings. The lowest BCUT2D eigenvalue weighted by Gasteiger charge is -1.97. The molecule has 51 valence electrons. The fourth-order valence-electron chi connectivity index (χ4n) is 0.640. The molecule has 0 aliphatic rings. The van der Waals surface area contributed by atoms with Crippen molar-refractivity contribution in [3.05, 3.63) is 31.2 Å². The minimum atomic E-state index is 1.02. The fourth-order valence-corrected chi connectivity index (χ4v) is 0.640. The van der Waals surface area contributed by atoms with Crippen molar-refractivity contribution >= 4 is 0 Å². The van der Waals surface area contributed by atoms with Crippen LogP contribution in [-0.4, -0.2) is 0 Å². The second kappa shape index (κ2) is 4.37. The third-order valence-corrected chi connectivity index (χ3v) is 1.13. The van der Waals surface area contributed by atoms with E-state index in [4.69, 9.17) is 0 Å². The van der Waals surface area contributed by atoms with Crippen LogP contribution < -0.4 is 0 Å². The molecule has 9 heavy (non-hydrogen) atoms. The topological polar surface area (TPSA) is 0 Å². The molecule has 0 saturated heterocycles. The van der Waals surface area contributed by atoms with Crippen molar-refractivity contribution in [2.45, 2.75) is 26.2 Å². The Bertz CT molecular complexity index is 95.2. The number of hydrogen-bond donors (Lipinski definition) is 0. The Balaban J connectivity index is 3.10. The molecular formula is C9H15. The lowest BCUT2D eigenvalue weighted by atomic mass is 10.1. The van der Waals surface area contributed by atoms with Crippen molar-refractivity contribution in [2.75, 3.05) is 0 Å². The van der Waals surface area contributed by atoms with E-state index >= 15 is 0 Å². The Labute approximate surface area is 58.3 Å². The van der Waals surface area contributed by atoms with Crippen LogP contribution >= 0.6 is 0 Å². The van der Waals surface area contributed by atoms with Crippen LogP contribution in [0.4, 0.5) is 0 Å². The van der Waals surface area contributed by atoms with Crippen LogP contribution in [0.1, 0.15) is 26.2 Å². The van der Waals surface area contributed by atoms with Gasteiger partial charge in [-0.15, -0.1) is 6.58 Å². The largest absolute Gasteiger partial charge is 0.100 e. The predicted molar refractivity (Wildman–Crippen MR) is 43.2 cm³/mol. The first-order chi connectivity index (χ1) is 4.13. The lowest BCUT2D eigenvalue weighted by molar-refractivity contribution is 0.818. The van der Waals surface area contributed by atoms with Crippen LogP contribution in [-0.2, 0) is 0 Å². The van der Waals surface area contributed by atoms with Crippen molar-refractivity contribution in [1.29, 1.82) is 0 Å². The van der Waals surface area contributed by atoms with Gasteiger partial charge in [0.25, 0.3) is 0 Å². The summed E-state index contributed by atoms with van der Waals surface area (Å²) < 4.78 is 0. The molecule has 0 aliphatic carbocycles. The Kier molecular flexibility index (Phi) is 4.12. The first-order valence-electron chi connectivity index (χ1n) is 3.27. The Hall–Kier alpha value is -0.520. The summed E-state index contributed by atoms with van der Waals surface area (Å²) in [6.45, 7) is 13.3. The molecule has 1 radical (unpaired) electrons. The van der Waals surface area contributed by atoms with Crippen molar-refractivity contribution < 1.29 is 0 Å². The van der Waals surface area contributed by atoms with Gasteiger partial charge in [0.05, 0.1) is 0 Å². The van der Waals surface area contributed by atoms with Gasteiger partial charge >= 0.3 is 0 Å². The van der Waals surface area contributed by atoms with Gasteiger partial charge in [0.1, 0.15) is 0 Å². The molecule has 0 atom stereocenters. The summed E-state index contributed by atoms with van der Waals surface area (Å²) in [6, 6.07) is 0. The van der Waals surface area contributed by atoms with E-state index in [2.05, 4.69) is 20.1 Å².